The third-order valence-corrected chi connectivity index (χ3v) is 2.54. The van der Waals surface area contributed by atoms with Crippen molar-refractivity contribution in [1.82, 2.24) is 9.80 Å². The first-order chi connectivity index (χ1) is 7.11. The van der Waals surface area contributed by atoms with Gasteiger partial charge in [-0.05, 0) is 12.5 Å². The summed E-state index contributed by atoms with van der Waals surface area (Å²) < 4.78 is 5.64. The van der Waals surface area contributed by atoms with Crippen molar-refractivity contribution in [2.75, 3.05) is 39.8 Å². The summed E-state index contributed by atoms with van der Waals surface area (Å²) in [6.07, 6.45) is 2.14. The van der Waals surface area contributed by atoms with Crippen molar-refractivity contribution in [3.05, 3.63) is 12.0 Å². The van der Waals surface area contributed by atoms with E-state index in [9.17, 15) is 0 Å². The second-order valence-electron chi connectivity index (χ2n) is 4.65. The Morgan fingerprint density at radius 1 is 1.53 bits per heavy atom. The number of ether oxygens (including phenoxy) is 1. The van der Waals surface area contributed by atoms with E-state index in [1.165, 1.54) is 0 Å². The predicted molar refractivity (Wildman–Crippen MR) is 63.6 cm³/mol. The zero-order chi connectivity index (χ0) is 11.3. The van der Waals surface area contributed by atoms with Crippen molar-refractivity contribution in [2.24, 2.45) is 5.92 Å². The van der Waals surface area contributed by atoms with Gasteiger partial charge in [0.05, 0.1) is 6.54 Å². The summed E-state index contributed by atoms with van der Waals surface area (Å²) >= 11 is 0. The first-order valence-electron chi connectivity index (χ1n) is 5.88. The van der Waals surface area contributed by atoms with Crippen LogP contribution >= 0.6 is 0 Å². The average molecular weight is 212 g/mol. The van der Waals surface area contributed by atoms with E-state index in [0.717, 1.165) is 38.5 Å². The van der Waals surface area contributed by atoms with Crippen LogP contribution in [0, 0.1) is 5.92 Å². The monoisotopic (exact) mass is 212 g/mol. The third-order valence-electron chi connectivity index (χ3n) is 2.54. The maximum Gasteiger partial charge on any atom is 0.126 e. The van der Waals surface area contributed by atoms with Crippen LogP contribution in [0.4, 0.5) is 0 Å². The minimum absolute atomic E-state index is 0.692. The zero-order valence-corrected chi connectivity index (χ0v) is 10.5. The molecular formula is C12H24N2O. The molecule has 88 valence electrons. The third kappa shape index (κ3) is 4.56. The largest absolute Gasteiger partial charge is 0.494 e. The lowest BCUT2D eigenvalue weighted by Crippen LogP contribution is -2.35. The van der Waals surface area contributed by atoms with Crippen LogP contribution in [0.5, 0.6) is 0 Å². The van der Waals surface area contributed by atoms with E-state index in [0.29, 0.717) is 5.92 Å². The van der Waals surface area contributed by atoms with Gasteiger partial charge in [-0.1, -0.05) is 20.8 Å². The molecule has 0 aromatic carbocycles. The number of nitrogens with zero attached hydrogens (tertiary/aromatic N) is 2. The average Bonchev–Trinajstić information content (AvgIpc) is 2.16. The molecule has 0 saturated carbocycles. The molecule has 0 aromatic rings. The molecule has 0 unspecified atom stereocenters. The van der Waals surface area contributed by atoms with Gasteiger partial charge in [0.25, 0.3) is 0 Å². The van der Waals surface area contributed by atoms with Gasteiger partial charge in [0.15, 0.2) is 0 Å². The number of hydrogen-bond donors (Lipinski definition) is 0. The molecule has 1 fully saturated rings. The highest BCUT2D eigenvalue weighted by atomic mass is 16.5. The Morgan fingerprint density at radius 2 is 2.27 bits per heavy atom. The lowest BCUT2D eigenvalue weighted by atomic mass is 10.2. The first kappa shape index (κ1) is 12.4. The van der Waals surface area contributed by atoms with Crippen LogP contribution in [0.25, 0.3) is 0 Å². The zero-order valence-electron chi connectivity index (χ0n) is 10.5. The van der Waals surface area contributed by atoms with Gasteiger partial charge in [-0.3, -0.25) is 4.90 Å². The highest BCUT2D eigenvalue weighted by Gasteiger charge is 2.13. The molecule has 0 atom stereocenters. The van der Waals surface area contributed by atoms with Gasteiger partial charge < -0.3 is 9.64 Å². The minimum Gasteiger partial charge on any atom is -0.494 e. The van der Waals surface area contributed by atoms with Gasteiger partial charge in [-0.15, -0.1) is 0 Å². The highest BCUT2D eigenvalue weighted by molar-refractivity contribution is 4.97. The highest BCUT2D eigenvalue weighted by Crippen LogP contribution is 2.09. The maximum atomic E-state index is 5.64. The molecule has 1 rings (SSSR count). The maximum absolute atomic E-state index is 5.64. The van der Waals surface area contributed by atoms with E-state index < -0.39 is 0 Å². The molecule has 1 saturated heterocycles. The van der Waals surface area contributed by atoms with Crippen LogP contribution in [0.1, 0.15) is 20.8 Å². The van der Waals surface area contributed by atoms with Crippen molar-refractivity contribution in [2.45, 2.75) is 20.8 Å². The molecule has 0 bridgehead atoms. The van der Waals surface area contributed by atoms with E-state index in [1.807, 2.05) is 0 Å². The first-order valence-corrected chi connectivity index (χ1v) is 5.88. The molecule has 3 heteroatoms. The van der Waals surface area contributed by atoms with Crippen LogP contribution in [0.2, 0.25) is 0 Å². The minimum atomic E-state index is 0.692. The molecule has 0 aromatic heterocycles. The van der Waals surface area contributed by atoms with Crippen molar-refractivity contribution in [1.29, 1.82) is 0 Å². The van der Waals surface area contributed by atoms with E-state index in [-0.39, 0.29) is 0 Å². The lowest BCUT2D eigenvalue weighted by molar-refractivity contribution is 0.0928. The van der Waals surface area contributed by atoms with Crippen molar-refractivity contribution < 1.29 is 4.74 Å². The fraction of sp³-hybridized carbons (Fsp3) is 0.833. The summed E-state index contributed by atoms with van der Waals surface area (Å²) in [4.78, 5) is 4.62. The van der Waals surface area contributed by atoms with Crippen molar-refractivity contribution >= 4 is 0 Å². The van der Waals surface area contributed by atoms with E-state index in [2.05, 4.69) is 43.8 Å². The van der Waals surface area contributed by atoms with Crippen LogP contribution < -0.4 is 0 Å². The Hall–Kier alpha value is -0.700. The predicted octanol–water partition coefficient (Wildman–Crippen LogP) is 1.77. The second kappa shape index (κ2) is 6.01. The summed E-state index contributed by atoms with van der Waals surface area (Å²) in [5, 5.41) is 0. The van der Waals surface area contributed by atoms with Gasteiger partial charge in [-0.2, -0.15) is 0 Å². The summed E-state index contributed by atoms with van der Waals surface area (Å²) in [6, 6.07) is 0. The fourth-order valence-corrected chi connectivity index (χ4v) is 1.87. The van der Waals surface area contributed by atoms with Crippen LogP contribution in [-0.2, 0) is 4.74 Å². The summed E-state index contributed by atoms with van der Waals surface area (Å²) in [7, 11) is 2.11. The standard InChI is InChI=1S/C12H24N2O/c1-5-14-6-7-15-12(10-14)9-13(4)8-11(2)3/h9,11H,5-8,10H2,1-4H3/b12-9-. The molecule has 1 heterocycles. The number of rotatable bonds is 4. The van der Waals surface area contributed by atoms with Crippen LogP contribution in [-0.4, -0.2) is 49.6 Å². The Morgan fingerprint density at radius 3 is 2.87 bits per heavy atom. The van der Waals surface area contributed by atoms with E-state index in [1.54, 1.807) is 0 Å². The Bertz CT molecular complexity index is 214. The SMILES string of the molecule is CCN1CCO/C(=C\N(C)CC(C)C)C1. The van der Waals surface area contributed by atoms with Gasteiger partial charge in [0.2, 0.25) is 0 Å². The normalized spacial score (nSPS) is 20.7. The Kier molecular flexibility index (Phi) is 4.95. The van der Waals surface area contributed by atoms with E-state index >= 15 is 0 Å². The Balaban J connectivity index is 2.43. The second-order valence-corrected chi connectivity index (χ2v) is 4.65. The molecule has 1 aliphatic rings. The summed E-state index contributed by atoms with van der Waals surface area (Å²) in [5.41, 5.74) is 0. The summed E-state index contributed by atoms with van der Waals surface area (Å²) in [6.45, 7) is 11.7. The lowest BCUT2D eigenvalue weighted by Gasteiger charge is -2.29. The molecule has 0 aliphatic carbocycles. The van der Waals surface area contributed by atoms with Crippen LogP contribution in [0.3, 0.4) is 0 Å². The molecular weight excluding hydrogens is 188 g/mol. The number of likely N-dealkylation sites (N-methyl/N-ethyl adjacent to an activating group) is 1. The molecule has 0 N–H and O–H groups in total. The molecule has 0 radical (unpaired) electrons. The Labute approximate surface area is 93.7 Å². The van der Waals surface area contributed by atoms with Crippen molar-refractivity contribution in [3.8, 4) is 0 Å². The van der Waals surface area contributed by atoms with Gasteiger partial charge in [-0.25, -0.2) is 0 Å². The molecule has 1 aliphatic heterocycles. The quantitative estimate of drug-likeness (QED) is 0.706. The fourth-order valence-electron chi connectivity index (χ4n) is 1.87. The van der Waals surface area contributed by atoms with Crippen molar-refractivity contribution in [3.63, 3.8) is 0 Å². The smallest absolute Gasteiger partial charge is 0.126 e. The van der Waals surface area contributed by atoms with Gasteiger partial charge in [0.1, 0.15) is 12.4 Å². The number of morpholine rings is 1. The molecule has 15 heavy (non-hydrogen) atoms. The van der Waals surface area contributed by atoms with Crippen LogP contribution in [0.15, 0.2) is 12.0 Å². The van der Waals surface area contributed by atoms with Gasteiger partial charge in [0, 0.05) is 26.3 Å². The molecule has 0 spiro atoms. The van der Waals surface area contributed by atoms with E-state index in [4.69, 9.17) is 4.74 Å². The summed E-state index contributed by atoms with van der Waals surface area (Å²) in [5.74, 6) is 1.80. The molecule has 3 nitrogen and oxygen atoms in total. The van der Waals surface area contributed by atoms with Gasteiger partial charge >= 0.3 is 0 Å². The number of hydrogen-bond acceptors (Lipinski definition) is 3. The topological polar surface area (TPSA) is 15.7 Å². The molecule has 0 amide bonds.